The lowest BCUT2D eigenvalue weighted by molar-refractivity contribution is 0.471. The van der Waals surface area contributed by atoms with Crippen molar-refractivity contribution in [1.29, 1.82) is 5.26 Å². The molecule has 25 heavy (non-hydrogen) atoms. The smallest absolute Gasteiger partial charge is 0.207 e. The molecule has 1 unspecified atom stereocenters. The zero-order valence-corrected chi connectivity index (χ0v) is 16.0. The van der Waals surface area contributed by atoms with Crippen LogP contribution >= 0.6 is 0 Å². The van der Waals surface area contributed by atoms with E-state index in [4.69, 9.17) is 0 Å². The number of nitriles is 1. The number of aryl methyl sites for hydroxylation is 1. The first-order valence-electron chi connectivity index (χ1n) is 8.73. The summed E-state index contributed by atoms with van der Waals surface area (Å²) in [7, 11) is -3.54. The zero-order valence-electron chi connectivity index (χ0n) is 15.2. The van der Waals surface area contributed by atoms with E-state index in [1.54, 1.807) is 19.1 Å². The van der Waals surface area contributed by atoms with Crippen molar-refractivity contribution in [1.82, 2.24) is 4.31 Å². The number of hydrogen-bond donors (Lipinski definition) is 0. The van der Waals surface area contributed by atoms with Crippen LogP contribution in [0.5, 0.6) is 0 Å². The maximum absolute atomic E-state index is 12.9. The van der Waals surface area contributed by atoms with Crippen molar-refractivity contribution in [2.45, 2.75) is 44.9 Å². The lowest BCUT2D eigenvalue weighted by Gasteiger charge is -2.15. The molecule has 134 valence electrons. The van der Waals surface area contributed by atoms with Gasteiger partial charge in [-0.25, -0.2) is 8.42 Å². The Kier molecular flexibility index (Phi) is 6.57. The molecule has 1 aromatic carbocycles. The summed E-state index contributed by atoms with van der Waals surface area (Å²) in [5.74, 6) is -0.0169. The summed E-state index contributed by atoms with van der Waals surface area (Å²) in [4.78, 5) is 0.308. The molecular weight excluding hydrogens is 332 g/mol. The van der Waals surface area contributed by atoms with Crippen molar-refractivity contribution in [2.24, 2.45) is 5.92 Å². The molecule has 0 radical (unpaired) electrons. The van der Waals surface area contributed by atoms with Crippen LogP contribution in [-0.2, 0) is 10.0 Å². The summed E-state index contributed by atoms with van der Waals surface area (Å²) in [6.45, 7) is 6.53. The number of unbranched alkanes of at least 4 members (excludes halogenated alkanes) is 2. The van der Waals surface area contributed by atoms with Gasteiger partial charge in [-0.1, -0.05) is 49.6 Å². The van der Waals surface area contributed by atoms with E-state index < -0.39 is 10.0 Å². The number of benzene rings is 1. The highest BCUT2D eigenvalue weighted by Gasteiger charge is 2.35. The first-order chi connectivity index (χ1) is 11.9. The van der Waals surface area contributed by atoms with Crippen molar-refractivity contribution in [3.8, 4) is 6.07 Å². The zero-order chi connectivity index (χ0) is 18.4. The van der Waals surface area contributed by atoms with Gasteiger partial charge in [-0.2, -0.15) is 9.57 Å². The van der Waals surface area contributed by atoms with Gasteiger partial charge < -0.3 is 0 Å². The molecule has 1 atom stereocenters. The van der Waals surface area contributed by atoms with Gasteiger partial charge in [0.25, 0.3) is 0 Å². The molecule has 0 aromatic heterocycles. The van der Waals surface area contributed by atoms with Crippen LogP contribution in [0.3, 0.4) is 0 Å². The fourth-order valence-corrected chi connectivity index (χ4v) is 4.42. The quantitative estimate of drug-likeness (QED) is 0.435. The number of nitrogens with zero attached hydrogens (tertiary/aromatic N) is 2. The Bertz CT molecular complexity index is 799. The van der Waals surface area contributed by atoms with Crippen molar-refractivity contribution < 1.29 is 8.42 Å². The van der Waals surface area contributed by atoms with Gasteiger partial charge in [0.05, 0.1) is 11.0 Å². The van der Waals surface area contributed by atoms with Crippen molar-refractivity contribution in [3.05, 3.63) is 53.1 Å². The van der Waals surface area contributed by atoms with E-state index in [1.165, 1.54) is 4.31 Å². The molecule has 1 aliphatic rings. The Labute approximate surface area is 151 Å². The number of hydrogen-bond acceptors (Lipinski definition) is 3. The van der Waals surface area contributed by atoms with Crippen LogP contribution in [-0.4, -0.2) is 25.8 Å². The molecule has 1 aromatic rings. The predicted octanol–water partition coefficient (Wildman–Crippen LogP) is 4.20. The molecule has 0 bridgehead atoms. The minimum absolute atomic E-state index is 0.0169. The summed E-state index contributed by atoms with van der Waals surface area (Å²) in [6, 6.07) is 9.09. The van der Waals surface area contributed by atoms with E-state index >= 15 is 0 Å². The Morgan fingerprint density at radius 1 is 1.36 bits per heavy atom. The van der Waals surface area contributed by atoms with Gasteiger partial charge >= 0.3 is 0 Å². The fraction of sp³-hybridized carbons (Fsp3) is 0.450. The molecule has 0 amide bonds. The molecule has 1 aliphatic heterocycles. The minimum Gasteiger partial charge on any atom is -0.207 e. The monoisotopic (exact) mass is 358 g/mol. The molecule has 0 N–H and O–H groups in total. The summed E-state index contributed by atoms with van der Waals surface area (Å²) < 4.78 is 27.3. The van der Waals surface area contributed by atoms with Gasteiger partial charge in [-0.15, -0.1) is 0 Å². The number of sulfonamides is 1. The van der Waals surface area contributed by atoms with Crippen LogP contribution in [0.1, 0.15) is 38.7 Å². The topological polar surface area (TPSA) is 61.2 Å². The molecule has 4 nitrogen and oxygen atoms in total. The van der Waals surface area contributed by atoms with E-state index in [9.17, 15) is 13.7 Å². The molecule has 0 aliphatic carbocycles. The normalized spacial score (nSPS) is 20.8. The van der Waals surface area contributed by atoms with E-state index in [2.05, 4.69) is 25.1 Å². The predicted molar refractivity (Wildman–Crippen MR) is 100 cm³/mol. The second-order valence-electron chi connectivity index (χ2n) is 6.55. The number of rotatable bonds is 6. The van der Waals surface area contributed by atoms with Crippen molar-refractivity contribution in [3.63, 3.8) is 0 Å². The Balaban J connectivity index is 2.27. The van der Waals surface area contributed by atoms with Crippen LogP contribution in [0.2, 0.25) is 0 Å². The van der Waals surface area contributed by atoms with E-state index in [0.717, 1.165) is 30.4 Å². The molecular formula is C20H26N2O2S. The first kappa shape index (κ1) is 19.4. The molecule has 1 saturated heterocycles. The Morgan fingerprint density at radius 2 is 2.04 bits per heavy atom. The van der Waals surface area contributed by atoms with Gasteiger partial charge in [-0.3, -0.25) is 0 Å². The summed E-state index contributed by atoms with van der Waals surface area (Å²) in [5.41, 5.74) is 2.55. The molecule has 0 saturated carbocycles. The summed E-state index contributed by atoms with van der Waals surface area (Å²) >= 11 is 0. The maximum Gasteiger partial charge on any atom is 0.243 e. The molecule has 5 heteroatoms. The minimum atomic E-state index is -3.54. The second-order valence-corrected chi connectivity index (χ2v) is 8.49. The highest BCUT2D eigenvalue weighted by atomic mass is 32.2. The van der Waals surface area contributed by atoms with Crippen molar-refractivity contribution >= 4 is 10.0 Å². The van der Waals surface area contributed by atoms with Gasteiger partial charge in [0, 0.05) is 24.6 Å². The van der Waals surface area contributed by atoms with Crippen molar-refractivity contribution in [2.75, 3.05) is 13.1 Å². The fourth-order valence-electron chi connectivity index (χ4n) is 2.97. The highest BCUT2D eigenvalue weighted by Crippen LogP contribution is 2.31. The van der Waals surface area contributed by atoms with Crippen LogP contribution in [0, 0.1) is 24.2 Å². The van der Waals surface area contributed by atoms with E-state index in [1.807, 2.05) is 19.1 Å². The molecule has 1 heterocycles. The van der Waals surface area contributed by atoms with Gasteiger partial charge in [0.1, 0.15) is 0 Å². The summed E-state index contributed by atoms with van der Waals surface area (Å²) in [5, 5.41) is 9.26. The van der Waals surface area contributed by atoms with Crippen LogP contribution in [0.25, 0.3) is 0 Å². The number of allylic oxidation sites excluding steroid dienone is 2. The van der Waals surface area contributed by atoms with Crippen LogP contribution in [0.15, 0.2) is 52.5 Å². The van der Waals surface area contributed by atoms with Crippen LogP contribution < -0.4 is 0 Å². The largest absolute Gasteiger partial charge is 0.243 e. The molecule has 2 rings (SSSR count). The van der Waals surface area contributed by atoms with Gasteiger partial charge in [0.15, 0.2) is 0 Å². The third-order valence-electron chi connectivity index (χ3n) is 4.60. The Morgan fingerprint density at radius 3 is 2.64 bits per heavy atom. The third kappa shape index (κ3) is 4.59. The third-order valence-corrected chi connectivity index (χ3v) is 6.42. The van der Waals surface area contributed by atoms with Gasteiger partial charge in [-0.05, 0) is 38.0 Å². The molecule has 1 fully saturated rings. The maximum atomic E-state index is 12.9. The summed E-state index contributed by atoms with van der Waals surface area (Å²) in [6.07, 6.45) is 7.40. The highest BCUT2D eigenvalue weighted by molar-refractivity contribution is 7.89. The second kappa shape index (κ2) is 8.46. The Hall–Kier alpha value is -1.90. The SMILES string of the molecule is CCCC/C=C/C1CN(S(=O)(=O)c2ccc(C)cc2)C/C1=C(\C)C#N. The average molecular weight is 359 g/mol. The first-order valence-corrected chi connectivity index (χ1v) is 10.2. The lowest BCUT2D eigenvalue weighted by atomic mass is 9.97. The molecule has 0 spiro atoms. The standard InChI is InChI=1S/C20H26N2O2S/c1-4-5-6-7-8-18-14-22(15-20(18)17(3)13-21)25(23,24)19-11-9-16(2)10-12-19/h7-12,18H,4-6,14-15H2,1-3H3/b8-7+,20-17-. The van der Waals surface area contributed by atoms with E-state index in [-0.39, 0.29) is 5.92 Å². The van der Waals surface area contributed by atoms with E-state index in [0.29, 0.717) is 23.6 Å². The van der Waals surface area contributed by atoms with Crippen LogP contribution in [0.4, 0.5) is 0 Å². The van der Waals surface area contributed by atoms with Gasteiger partial charge in [0.2, 0.25) is 10.0 Å². The lowest BCUT2D eigenvalue weighted by Crippen LogP contribution is -2.28. The average Bonchev–Trinajstić information content (AvgIpc) is 3.03.